The second-order valence-corrected chi connectivity index (χ2v) is 6.93. The van der Waals surface area contributed by atoms with Gasteiger partial charge in [0.2, 0.25) is 11.8 Å². The van der Waals surface area contributed by atoms with Crippen LogP contribution in [0.15, 0.2) is 28.7 Å². The van der Waals surface area contributed by atoms with E-state index in [2.05, 4.69) is 36.3 Å². The summed E-state index contributed by atoms with van der Waals surface area (Å²) in [7, 11) is 0. The highest BCUT2D eigenvalue weighted by Crippen LogP contribution is 2.24. The van der Waals surface area contributed by atoms with Crippen LogP contribution < -0.4 is 5.32 Å². The van der Waals surface area contributed by atoms with Crippen LogP contribution in [0, 0.1) is 6.92 Å². The number of aromatic nitrogens is 1. The standard InChI is InChI=1S/C19H26N2O2S/c1-5-13(3)20-18(22)12-24-11-17-14(4)23-19(21-17)16-9-7-15(6-2)8-10-16/h7-10,13H,5-6,11-12H2,1-4H3,(H,20,22). The van der Waals surface area contributed by atoms with Gasteiger partial charge in [0, 0.05) is 17.4 Å². The summed E-state index contributed by atoms with van der Waals surface area (Å²) in [6, 6.07) is 8.51. The molecule has 2 aromatic rings. The molecule has 0 fully saturated rings. The first kappa shape index (κ1) is 18.6. The summed E-state index contributed by atoms with van der Waals surface area (Å²) in [4.78, 5) is 16.4. The molecule has 0 aliphatic heterocycles. The van der Waals surface area contributed by atoms with E-state index in [1.807, 2.05) is 26.0 Å². The van der Waals surface area contributed by atoms with Crippen LogP contribution in [0.2, 0.25) is 0 Å². The SMILES string of the molecule is CCc1ccc(-c2nc(CSCC(=O)NC(C)CC)c(C)o2)cc1. The Labute approximate surface area is 148 Å². The smallest absolute Gasteiger partial charge is 0.230 e. The Bertz CT molecular complexity index is 665. The Morgan fingerprint density at radius 1 is 1.29 bits per heavy atom. The van der Waals surface area contributed by atoms with Crippen molar-refractivity contribution in [2.45, 2.75) is 52.3 Å². The Morgan fingerprint density at radius 2 is 2.00 bits per heavy atom. The molecule has 1 aromatic carbocycles. The van der Waals surface area contributed by atoms with E-state index in [0.29, 0.717) is 17.4 Å². The number of thioether (sulfide) groups is 1. The molecule has 1 N–H and O–H groups in total. The molecule has 0 saturated heterocycles. The highest BCUT2D eigenvalue weighted by molar-refractivity contribution is 7.99. The topological polar surface area (TPSA) is 55.1 Å². The van der Waals surface area contributed by atoms with E-state index in [0.717, 1.165) is 29.9 Å². The Balaban J connectivity index is 1.92. The van der Waals surface area contributed by atoms with Crippen molar-refractivity contribution in [1.29, 1.82) is 0 Å². The fourth-order valence-electron chi connectivity index (χ4n) is 2.23. The number of nitrogens with one attached hydrogen (secondary N) is 1. The van der Waals surface area contributed by atoms with Gasteiger partial charge in [-0.3, -0.25) is 4.79 Å². The molecule has 0 aliphatic carbocycles. The molecule has 1 amide bonds. The molecule has 0 aliphatic rings. The number of carbonyl (C=O) groups excluding carboxylic acids is 1. The number of rotatable bonds is 8. The summed E-state index contributed by atoms with van der Waals surface area (Å²) in [6.45, 7) is 8.13. The second kappa shape index (κ2) is 8.92. The zero-order valence-corrected chi connectivity index (χ0v) is 15.7. The van der Waals surface area contributed by atoms with Crippen molar-refractivity contribution >= 4 is 17.7 Å². The van der Waals surface area contributed by atoms with Gasteiger partial charge in [-0.05, 0) is 44.4 Å². The van der Waals surface area contributed by atoms with Gasteiger partial charge >= 0.3 is 0 Å². The lowest BCUT2D eigenvalue weighted by Gasteiger charge is -2.10. The summed E-state index contributed by atoms with van der Waals surface area (Å²) in [6.07, 6.45) is 1.96. The van der Waals surface area contributed by atoms with Crippen LogP contribution in [0.25, 0.3) is 11.5 Å². The molecule has 1 atom stereocenters. The molecule has 1 heterocycles. The summed E-state index contributed by atoms with van der Waals surface area (Å²) in [5.41, 5.74) is 3.19. The van der Waals surface area contributed by atoms with E-state index in [4.69, 9.17) is 4.42 Å². The van der Waals surface area contributed by atoms with Crippen LogP contribution in [-0.4, -0.2) is 22.7 Å². The fraction of sp³-hybridized carbons (Fsp3) is 0.474. The number of aryl methyl sites for hydroxylation is 2. The van der Waals surface area contributed by atoms with Gasteiger partial charge in [0.1, 0.15) is 5.76 Å². The van der Waals surface area contributed by atoms with Crippen LogP contribution in [-0.2, 0) is 17.0 Å². The lowest BCUT2D eigenvalue weighted by atomic mass is 10.1. The van der Waals surface area contributed by atoms with Gasteiger partial charge in [-0.1, -0.05) is 26.0 Å². The van der Waals surface area contributed by atoms with Crippen molar-refractivity contribution in [2.75, 3.05) is 5.75 Å². The van der Waals surface area contributed by atoms with E-state index in [9.17, 15) is 4.79 Å². The number of hydrogen-bond acceptors (Lipinski definition) is 4. The third kappa shape index (κ3) is 5.13. The Hall–Kier alpha value is -1.75. The molecule has 24 heavy (non-hydrogen) atoms. The van der Waals surface area contributed by atoms with Crippen molar-refractivity contribution in [3.8, 4) is 11.5 Å². The molecule has 0 saturated carbocycles. The van der Waals surface area contributed by atoms with Crippen molar-refractivity contribution in [3.05, 3.63) is 41.3 Å². The average Bonchev–Trinajstić information content (AvgIpc) is 2.95. The molecule has 130 valence electrons. The molecular formula is C19H26N2O2S. The monoisotopic (exact) mass is 346 g/mol. The lowest BCUT2D eigenvalue weighted by Crippen LogP contribution is -2.33. The van der Waals surface area contributed by atoms with Crippen molar-refractivity contribution in [3.63, 3.8) is 0 Å². The van der Waals surface area contributed by atoms with Gasteiger partial charge in [0.25, 0.3) is 0 Å². The first-order valence-corrected chi connectivity index (χ1v) is 9.61. The third-order valence-corrected chi connectivity index (χ3v) is 4.94. The van der Waals surface area contributed by atoms with Gasteiger partial charge in [-0.2, -0.15) is 0 Å². The summed E-state index contributed by atoms with van der Waals surface area (Å²) in [5, 5.41) is 2.97. The highest BCUT2D eigenvalue weighted by Gasteiger charge is 2.12. The normalized spacial score (nSPS) is 12.2. The van der Waals surface area contributed by atoms with Crippen molar-refractivity contribution < 1.29 is 9.21 Å². The zero-order valence-electron chi connectivity index (χ0n) is 14.9. The minimum absolute atomic E-state index is 0.0749. The van der Waals surface area contributed by atoms with Crippen LogP contribution in [0.4, 0.5) is 0 Å². The second-order valence-electron chi connectivity index (χ2n) is 5.94. The van der Waals surface area contributed by atoms with E-state index >= 15 is 0 Å². The van der Waals surface area contributed by atoms with Crippen LogP contribution in [0.3, 0.4) is 0 Å². The van der Waals surface area contributed by atoms with E-state index in [-0.39, 0.29) is 11.9 Å². The minimum atomic E-state index is 0.0749. The van der Waals surface area contributed by atoms with E-state index in [1.54, 1.807) is 11.8 Å². The fourth-order valence-corrected chi connectivity index (χ4v) is 3.06. The molecule has 0 radical (unpaired) electrons. The number of amides is 1. The van der Waals surface area contributed by atoms with E-state index in [1.165, 1.54) is 5.56 Å². The minimum Gasteiger partial charge on any atom is -0.441 e. The molecule has 4 nitrogen and oxygen atoms in total. The van der Waals surface area contributed by atoms with Crippen LogP contribution in [0.1, 0.15) is 44.2 Å². The first-order valence-electron chi connectivity index (χ1n) is 8.46. The molecule has 0 spiro atoms. The maximum Gasteiger partial charge on any atom is 0.230 e. The average molecular weight is 346 g/mol. The van der Waals surface area contributed by atoms with Gasteiger partial charge in [0.05, 0.1) is 11.4 Å². The van der Waals surface area contributed by atoms with Gasteiger partial charge < -0.3 is 9.73 Å². The summed E-state index contributed by atoms with van der Waals surface area (Å²) in [5.74, 6) is 2.66. The molecule has 2 rings (SSSR count). The quantitative estimate of drug-likeness (QED) is 0.771. The molecular weight excluding hydrogens is 320 g/mol. The van der Waals surface area contributed by atoms with Crippen LogP contribution >= 0.6 is 11.8 Å². The number of nitrogens with zero attached hydrogens (tertiary/aromatic N) is 1. The number of oxazole rings is 1. The highest BCUT2D eigenvalue weighted by atomic mass is 32.2. The van der Waals surface area contributed by atoms with Gasteiger partial charge in [0.15, 0.2) is 0 Å². The van der Waals surface area contributed by atoms with Gasteiger partial charge in [-0.25, -0.2) is 4.98 Å². The zero-order chi connectivity index (χ0) is 17.5. The third-order valence-electron chi connectivity index (χ3n) is 3.99. The van der Waals surface area contributed by atoms with E-state index < -0.39 is 0 Å². The summed E-state index contributed by atoms with van der Waals surface area (Å²) >= 11 is 1.56. The molecule has 1 aromatic heterocycles. The maximum atomic E-state index is 11.8. The van der Waals surface area contributed by atoms with Crippen molar-refractivity contribution in [1.82, 2.24) is 10.3 Å². The largest absolute Gasteiger partial charge is 0.441 e. The lowest BCUT2D eigenvalue weighted by molar-refractivity contribution is -0.119. The number of benzene rings is 1. The van der Waals surface area contributed by atoms with Gasteiger partial charge in [-0.15, -0.1) is 11.8 Å². The van der Waals surface area contributed by atoms with Crippen molar-refractivity contribution in [2.24, 2.45) is 0 Å². The maximum absolute atomic E-state index is 11.8. The predicted octanol–water partition coefficient (Wildman–Crippen LogP) is 4.36. The first-order chi connectivity index (χ1) is 11.5. The Kier molecular flexibility index (Phi) is 6.91. The van der Waals surface area contributed by atoms with Crippen LogP contribution in [0.5, 0.6) is 0 Å². The number of hydrogen-bond donors (Lipinski definition) is 1. The predicted molar refractivity (Wildman–Crippen MR) is 100 cm³/mol. The molecule has 0 bridgehead atoms. The number of carbonyl (C=O) groups is 1. The molecule has 5 heteroatoms. The summed E-state index contributed by atoms with van der Waals surface area (Å²) < 4.78 is 5.79. The molecule has 1 unspecified atom stereocenters. The Morgan fingerprint density at radius 3 is 2.62 bits per heavy atom.